The average Bonchev–Trinajstić information content (AvgIpc) is 3.30. The van der Waals surface area contributed by atoms with E-state index in [1.165, 1.54) is 4.90 Å². The fourth-order valence-electron chi connectivity index (χ4n) is 4.52. The highest BCUT2D eigenvalue weighted by molar-refractivity contribution is 7.92. The predicted molar refractivity (Wildman–Crippen MR) is 145 cm³/mol. The summed E-state index contributed by atoms with van der Waals surface area (Å²) in [4.78, 5) is 28.5. The third-order valence-electron chi connectivity index (χ3n) is 6.41. The number of benzene rings is 2. The summed E-state index contributed by atoms with van der Waals surface area (Å²) < 4.78 is 26.5. The first kappa shape index (κ1) is 28.3. The molecule has 1 N–H and O–H groups in total. The summed E-state index contributed by atoms with van der Waals surface area (Å²) in [7, 11) is -3.78. The van der Waals surface area contributed by atoms with Crippen LogP contribution in [0.5, 0.6) is 0 Å². The lowest BCUT2D eigenvalue weighted by molar-refractivity contribution is -0.140. The molecule has 0 saturated heterocycles. The average molecular weight is 555 g/mol. The van der Waals surface area contributed by atoms with Crippen LogP contribution in [0.25, 0.3) is 0 Å². The Morgan fingerprint density at radius 1 is 1.11 bits per heavy atom. The van der Waals surface area contributed by atoms with Gasteiger partial charge in [-0.05, 0) is 61.6 Å². The molecule has 0 spiro atoms. The minimum Gasteiger partial charge on any atom is -0.352 e. The van der Waals surface area contributed by atoms with E-state index in [4.69, 9.17) is 23.2 Å². The number of nitrogens with one attached hydrogen (secondary N) is 1. The van der Waals surface area contributed by atoms with E-state index in [0.717, 1.165) is 41.8 Å². The molecule has 7 nitrogen and oxygen atoms in total. The number of carbonyl (C=O) groups excluding carboxylic acids is 2. The third-order valence-corrected chi connectivity index (χ3v) is 8.14. The number of carbonyl (C=O) groups is 2. The molecule has 10 heteroatoms. The molecule has 0 aromatic heterocycles. The molecule has 0 radical (unpaired) electrons. The Labute approximate surface area is 223 Å². The van der Waals surface area contributed by atoms with Gasteiger partial charge < -0.3 is 10.2 Å². The second kappa shape index (κ2) is 12.3. The Balaban J connectivity index is 1.95. The van der Waals surface area contributed by atoms with Gasteiger partial charge in [-0.15, -0.1) is 0 Å². The molecule has 1 saturated carbocycles. The first-order chi connectivity index (χ1) is 17.0. The zero-order chi connectivity index (χ0) is 26.5. The van der Waals surface area contributed by atoms with Gasteiger partial charge in [-0.25, -0.2) is 8.42 Å². The number of hydrogen-bond donors (Lipinski definition) is 1. The molecule has 0 aliphatic heterocycles. The van der Waals surface area contributed by atoms with Crippen molar-refractivity contribution in [2.45, 2.75) is 64.6 Å². The van der Waals surface area contributed by atoms with Crippen molar-refractivity contribution < 1.29 is 18.0 Å². The van der Waals surface area contributed by atoms with Gasteiger partial charge in [0.2, 0.25) is 21.8 Å². The number of rotatable bonds is 10. The molecule has 3 rings (SSSR count). The lowest BCUT2D eigenvalue weighted by atomic mass is 10.1. The molecule has 2 aromatic rings. The molecule has 36 heavy (non-hydrogen) atoms. The van der Waals surface area contributed by atoms with Gasteiger partial charge in [0.25, 0.3) is 0 Å². The quantitative estimate of drug-likeness (QED) is 0.451. The first-order valence-corrected chi connectivity index (χ1v) is 14.7. The van der Waals surface area contributed by atoms with Crippen LogP contribution in [0, 0.1) is 6.92 Å². The van der Waals surface area contributed by atoms with Crippen LogP contribution in [0.3, 0.4) is 0 Å². The lowest BCUT2D eigenvalue weighted by Crippen LogP contribution is -2.53. The summed E-state index contributed by atoms with van der Waals surface area (Å²) in [5.74, 6) is -0.745. The van der Waals surface area contributed by atoms with E-state index in [9.17, 15) is 18.0 Å². The number of nitrogens with zero attached hydrogens (tertiary/aromatic N) is 2. The Morgan fingerprint density at radius 2 is 1.81 bits per heavy atom. The number of aryl methyl sites for hydroxylation is 1. The van der Waals surface area contributed by atoms with Crippen LogP contribution in [0.4, 0.5) is 5.69 Å². The topological polar surface area (TPSA) is 86.8 Å². The fraction of sp³-hybridized carbons (Fsp3) is 0.462. The molecule has 1 fully saturated rings. The van der Waals surface area contributed by atoms with Gasteiger partial charge >= 0.3 is 0 Å². The molecule has 1 aliphatic rings. The van der Waals surface area contributed by atoms with Gasteiger partial charge in [0.05, 0.1) is 11.9 Å². The normalized spacial score (nSPS) is 14.9. The van der Waals surface area contributed by atoms with Crippen LogP contribution < -0.4 is 9.62 Å². The van der Waals surface area contributed by atoms with Crippen molar-refractivity contribution in [3.05, 3.63) is 63.6 Å². The van der Waals surface area contributed by atoms with Crippen molar-refractivity contribution in [1.29, 1.82) is 0 Å². The van der Waals surface area contributed by atoms with Crippen LogP contribution in [-0.4, -0.2) is 50.0 Å². The van der Waals surface area contributed by atoms with Gasteiger partial charge in [0.15, 0.2) is 0 Å². The van der Waals surface area contributed by atoms with E-state index in [2.05, 4.69) is 5.32 Å². The highest BCUT2D eigenvalue weighted by Gasteiger charge is 2.33. The third kappa shape index (κ3) is 7.37. The Hall–Kier alpha value is -2.29. The minimum atomic E-state index is -3.78. The van der Waals surface area contributed by atoms with Crippen LogP contribution in [-0.2, 0) is 26.2 Å². The maximum atomic E-state index is 13.8. The lowest BCUT2D eigenvalue weighted by Gasteiger charge is -2.33. The van der Waals surface area contributed by atoms with Crippen molar-refractivity contribution in [1.82, 2.24) is 10.2 Å². The maximum Gasteiger partial charge on any atom is 0.244 e. The number of halogens is 2. The Kier molecular flexibility index (Phi) is 9.66. The zero-order valence-corrected chi connectivity index (χ0v) is 23.2. The van der Waals surface area contributed by atoms with Crippen LogP contribution >= 0.6 is 23.2 Å². The molecule has 2 amide bonds. The summed E-state index contributed by atoms with van der Waals surface area (Å²) in [6.07, 6.45) is 5.36. The molecule has 0 bridgehead atoms. The fourth-order valence-corrected chi connectivity index (χ4v) is 5.83. The molecule has 1 aliphatic carbocycles. The highest BCUT2D eigenvalue weighted by Crippen LogP contribution is 2.26. The van der Waals surface area contributed by atoms with Gasteiger partial charge in [-0.3, -0.25) is 13.9 Å². The minimum absolute atomic E-state index is 0.0385. The molecule has 0 heterocycles. The Bertz CT molecular complexity index is 1200. The maximum absolute atomic E-state index is 13.8. The first-order valence-electron chi connectivity index (χ1n) is 12.1. The highest BCUT2D eigenvalue weighted by atomic mass is 35.5. The molecular formula is C26H33Cl2N3O4S. The van der Waals surface area contributed by atoms with Crippen molar-refractivity contribution in [2.75, 3.05) is 17.1 Å². The van der Waals surface area contributed by atoms with E-state index in [0.29, 0.717) is 27.7 Å². The summed E-state index contributed by atoms with van der Waals surface area (Å²) in [6, 6.07) is 11.2. The van der Waals surface area contributed by atoms with Crippen molar-refractivity contribution in [3.8, 4) is 0 Å². The van der Waals surface area contributed by atoms with Gasteiger partial charge in [-0.1, -0.05) is 61.2 Å². The summed E-state index contributed by atoms with van der Waals surface area (Å²) in [5, 5.41) is 3.90. The SMILES string of the molecule is CC[C@@H](C(=O)NC1CCCC1)N(Cc1ccc(Cl)cc1Cl)C(=O)CN(c1cccc(C)c1)S(C)(=O)=O. The number of hydrogen-bond acceptors (Lipinski definition) is 4. The summed E-state index contributed by atoms with van der Waals surface area (Å²) in [5.41, 5.74) is 1.86. The van der Waals surface area contributed by atoms with Crippen LogP contribution in [0.15, 0.2) is 42.5 Å². The number of anilines is 1. The van der Waals surface area contributed by atoms with Crippen molar-refractivity contribution in [2.24, 2.45) is 0 Å². The molecular weight excluding hydrogens is 521 g/mol. The van der Waals surface area contributed by atoms with Gasteiger partial charge in [0.1, 0.15) is 12.6 Å². The molecule has 1 atom stereocenters. The standard InChI is InChI=1S/C26H33Cl2N3O4S/c1-4-24(26(33)29-21-9-5-6-10-21)30(16-19-12-13-20(27)15-23(19)28)25(32)17-31(36(3,34)35)22-11-7-8-18(2)14-22/h7-8,11-15,21,24H,4-6,9-10,16-17H2,1-3H3,(H,29,33)/t24-/m0/s1. The van der Waals surface area contributed by atoms with Gasteiger partial charge in [0, 0.05) is 22.6 Å². The number of amides is 2. The monoisotopic (exact) mass is 553 g/mol. The second-order valence-electron chi connectivity index (χ2n) is 9.28. The van der Waals surface area contributed by atoms with E-state index in [1.807, 2.05) is 19.9 Å². The van der Waals surface area contributed by atoms with E-state index >= 15 is 0 Å². The molecule has 196 valence electrons. The molecule has 0 unspecified atom stereocenters. The van der Waals surface area contributed by atoms with Crippen LogP contribution in [0.1, 0.15) is 50.2 Å². The molecule has 2 aromatic carbocycles. The predicted octanol–water partition coefficient (Wildman–Crippen LogP) is 4.93. The van der Waals surface area contributed by atoms with E-state index in [1.54, 1.807) is 36.4 Å². The summed E-state index contributed by atoms with van der Waals surface area (Å²) in [6.45, 7) is 3.27. The van der Waals surface area contributed by atoms with E-state index in [-0.39, 0.29) is 18.5 Å². The van der Waals surface area contributed by atoms with Crippen molar-refractivity contribution in [3.63, 3.8) is 0 Å². The van der Waals surface area contributed by atoms with E-state index < -0.39 is 28.5 Å². The Morgan fingerprint density at radius 3 is 2.39 bits per heavy atom. The van der Waals surface area contributed by atoms with Gasteiger partial charge in [-0.2, -0.15) is 0 Å². The largest absolute Gasteiger partial charge is 0.352 e. The zero-order valence-electron chi connectivity index (χ0n) is 20.8. The smallest absolute Gasteiger partial charge is 0.244 e. The second-order valence-corrected chi connectivity index (χ2v) is 12.0. The summed E-state index contributed by atoms with van der Waals surface area (Å²) >= 11 is 12.5. The van der Waals surface area contributed by atoms with Crippen molar-refractivity contribution >= 4 is 50.7 Å². The van der Waals surface area contributed by atoms with Crippen LogP contribution in [0.2, 0.25) is 10.0 Å². The number of sulfonamides is 1.